The van der Waals surface area contributed by atoms with E-state index in [1.807, 2.05) is 0 Å². The van der Waals surface area contributed by atoms with Gasteiger partial charge in [0.25, 0.3) is 0 Å². The number of piperidine rings is 1. The molecule has 1 atom stereocenters. The molecule has 2 aromatic heterocycles. The van der Waals surface area contributed by atoms with Gasteiger partial charge in [-0.25, -0.2) is 9.31 Å². The maximum atomic E-state index is 11.4. The van der Waals surface area contributed by atoms with Crippen LogP contribution in [0, 0.1) is 5.92 Å². The Morgan fingerprint density at radius 3 is 3.05 bits per heavy atom. The molecule has 1 saturated heterocycles. The van der Waals surface area contributed by atoms with Crippen LogP contribution >= 0.6 is 0 Å². The van der Waals surface area contributed by atoms with Crippen molar-refractivity contribution in [2.45, 2.75) is 19.8 Å². The van der Waals surface area contributed by atoms with Crippen LogP contribution in [0.4, 0.5) is 11.6 Å². The van der Waals surface area contributed by atoms with Crippen molar-refractivity contribution < 1.29 is 9.90 Å². The smallest absolute Gasteiger partial charge is 0.339 e. The number of pyridine rings is 1. The minimum Gasteiger partial charge on any atom is -0.478 e. The Morgan fingerprint density at radius 2 is 2.35 bits per heavy atom. The highest BCUT2D eigenvalue weighted by Crippen LogP contribution is 2.25. The lowest BCUT2D eigenvalue weighted by Gasteiger charge is -2.32. The number of nitrogen functional groups attached to an aromatic ring is 1. The van der Waals surface area contributed by atoms with Crippen LogP contribution in [-0.2, 0) is 0 Å². The number of carboxylic acids is 1. The maximum Gasteiger partial charge on any atom is 0.339 e. The Kier molecular flexibility index (Phi) is 2.96. The molecular weight excluding hydrogens is 258 g/mol. The second-order valence-electron chi connectivity index (χ2n) is 5.35. The maximum absolute atomic E-state index is 11.4. The topological polar surface area (TPSA) is 96.8 Å². The fraction of sp³-hybridized carbons (Fsp3) is 0.462. The van der Waals surface area contributed by atoms with Gasteiger partial charge in [-0.3, -0.25) is 0 Å². The lowest BCUT2D eigenvalue weighted by molar-refractivity contribution is 0.0698. The van der Waals surface area contributed by atoms with Crippen molar-refractivity contribution in [3.63, 3.8) is 0 Å². The van der Waals surface area contributed by atoms with Gasteiger partial charge in [-0.05, 0) is 24.8 Å². The first-order valence-electron chi connectivity index (χ1n) is 6.68. The van der Waals surface area contributed by atoms with Crippen LogP contribution in [0.5, 0.6) is 0 Å². The Hall–Kier alpha value is -2.31. The first-order chi connectivity index (χ1) is 9.54. The highest BCUT2D eigenvalue weighted by atomic mass is 16.4. The van der Waals surface area contributed by atoms with Gasteiger partial charge in [0.1, 0.15) is 5.56 Å². The van der Waals surface area contributed by atoms with Crippen LogP contribution in [0.3, 0.4) is 0 Å². The van der Waals surface area contributed by atoms with Gasteiger partial charge >= 0.3 is 5.97 Å². The average Bonchev–Trinajstić information content (AvgIpc) is 2.77. The summed E-state index contributed by atoms with van der Waals surface area (Å²) in [6.07, 6.45) is 4.12. The predicted molar refractivity (Wildman–Crippen MR) is 75.0 cm³/mol. The molecule has 1 fully saturated rings. The molecule has 0 amide bonds. The van der Waals surface area contributed by atoms with Crippen molar-refractivity contribution >= 4 is 23.3 Å². The molecule has 0 spiro atoms. The van der Waals surface area contributed by atoms with E-state index < -0.39 is 5.97 Å². The molecule has 0 aromatic carbocycles. The summed E-state index contributed by atoms with van der Waals surface area (Å²) in [5, 5.41) is 13.4. The second-order valence-corrected chi connectivity index (χ2v) is 5.35. The highest BCUT2D eigenvalue weighted by molar-refractivity contribution is 5.95. The third-order valence-corrected chi connectivity index (χ3v) is 3.69. The standard InChI is InChI=1S/C13H17N5O2/c1-8-3-2-4-17(6-8)9-5-10(12(19)20)11-15-13(14)16-18(11)7-9/h5,7-8H,2-4,6H2,1H3,(H2,14,16)(H,19,20). The Labute approximate surface area is 116 Å². The monoisotopic (exact) mass is 275 g/mol. The zero-order chi connectivity index (χ0) is 14.3. The van der Waals surface area contributed by atoms with E-state index in [0.717, 1.165) is 25.2 Å². The van der Waals surface area contributed by atoms with Crippen LogP contribution in [0.15, 0.2) is 12.3 Å². The second kappa shape index (κ2) is 4.66. The molecule has 3 rings (SSSR count). The normalized spacial score (nSPS) is 19.4. The van der Waals surface area contributed by atoms with E-state index in [-0.39, 0.29) is 17.2 Å². The van der Waals surface area contributed by atoms with E-state index in [4.69, 9.17) is 5.73 Å². The molecule has 0 bridgehead atoms. The molecular formula is C13H17N5O2. The molecule has 0 aliphatic carbocycles. The van der Waals surface area contributed by atoms with Gasteiger partial charge in [0, 0.05) is 13.1 Å². The van der Waals surface area contributed by atoms with Gasteiger partial charge in [-0.2, -0.15) is 4.98 Å². The number of anilines is 2. The number of nitrogens with zero attached hydrogens (tertiary/aromatic N) is 4. The molecule has 3 N–H and O–H groups in total. The summed E-state index contributed by atoms with van der Waals surface area (Å²) >= 11 is 0. The first-order valence-corrected chi connectivity index (χ1v) is 6.68. The summed E-state index contributed by atoms with van der Waals surface area (Å²) in [7, 11) is 0. The molecule has 7 heteroatoms. The van der Waals surface area contributed by atoms with Crippen LogP contribution < -0.4 is 10.6 Å². The molecule has 2 aromatic rings. The van der Waals surface area contributed by atoms with Gasteiger partial charge in [-0.15, -0.1) is 5.10 Å². The minimum absolute atomic E-state index is 0.0802. The summed E-state index contributed by atoms with van der Waals surface area (Å²) in [5.74, 6) is -0.334. The summed E-state index contributed by atoms with van der Waals surface area (Å²) in [4.78, 5) is 17.5. The number of nitrogens with two attached hydrogens (primary N) is 1. The number of carboxylic acid groups (broad SMARTS) is 1. The van der Waals surface area contributed by atoms with Crippen LogP contribution in [0.25, 0.3) is 5.65 Å². The number of rotatable bonds is 2. The van der Waals surface area contributed by atoms with Crippen molar-refractivity contribution in [3.8, 4) is 0 Å². The van der Waals surface area contributed by atoms with E-state index in [0.29, 0.717) is 5.92 Å². The number of fused-ring (bicyclic) bond motifs is 1. The molecule has 7 nitrogen and oxygen atoms in total. The quantitative estimate of drug-likeness (QED) is 0.856. The summed E-state index contributed by atoms with van der Waals surface area (Å²) in [6, 6.07) is 1.66. The highest BCUT2D eigenvalue weighted by Gasteiger charge is 2.20. The van der Waals surface area contributed by atoms with Crippen molar-refractivity contribution in [3.05, 3.63) is 17.8 Å². The number of carbonyl (C=O) groups is 1. The summed E-state index contributed by atoms with van der Waals surface area (Å²) < 4.78 is 1.45. The van der Waals surface area contributed by atoms with Gasteiger partial charge < -0.3 is 15.7 Å². The van der Waals surface area contributed by atoms with Gasteiger partial charge in [-0.1, -0.05) is 6.92 Å². The number of aromatic nitrogens is 3. The van der Waals surface area contributed by atoms with E-state index in [9.17, 15) is 9.90 Å². The summed E-state index contributed by atoms with van der Waals surface area (Å²) in [5.41, 5.74) is 6.82. The zero-order valence-corrected chi connectivity index (χ0v) is 11.3. The third kappa shape index (κ3) is 2.15. The van der Waals surface area contributed by atoms with Crippen molar-refractivity contribution in [2.24, 2.45) is 5.92 Å². The molecule has 20 heavy (non-hydrogen) atoms. The number of aromatic carboxylic acids is 1. The molecule has 106 valence electrons. The SMILES string of the molecule is CC1CCCN(c2cc(C(=O)O)c3nc(N)nn3c2)C1. The van der Waals surface area contributed by atoms with Gasteiger partial charge in [0.05, 0.1) is 11.9 Å². The predicted octanol–water partition coefficient (Wildman–Crippen LogP) is 1.25. The number of hydrogen-bond acceptors (Lipinski definition) is 5. The molecule has 1 unspecified atom stereocenters. The fourth-order valence-electron chi connectivity index (χ4n) is 2.74. The van der Waals surface area contributed by atoms with E-state index in [1.54, 1.807) is 12.3 Å². The molecule has 1 aliphatic rings. The Morgan fingerprint density at radius 1 is 1.55 bits per heavy atom. The largest absolute Gasteiger partial charge is 0.478 e. The molecule has 3 heterocycles. The van der Waals surface area contributed by atoms with Gasteiger partial charge in [0.2, 0.25) is 5.95 Å². The third-order valence-electron chi connectivity index (χ3n) is 3.69. The van der Waals surface area contributed by atoms with Crippen LogP contribution in [0.2, 0.25) is 0 Å². The lowest BCUT2D eigenvalue weighted by atomic mass is 10.00. The molecule has 0 radical (unpaired) electrons. The average molecular weight is 275 g/mol. The van der Waals surface area contributed by atoms with Crippen LogP contribution in [0.1, 0.15) is 30.1 Å². The van der Waals surface area contributed by atoms with Crippen molar-refractivity contribution in [1.82, 2.24) is 14.6 Å². The first kappa shape index (κ1) is 12.7. The van der Waals surface area contributed by atoms with Crippen molar-refractivity contribution in [1.29, 1.82) is 0 Å². The minimum atomic E-state index is -1.02. The number of hydrogen-bond donors (Lipinski definition) is 2. The lowest BCUT2D eigenvalue weighted by Crippen LogP contribution is -2.34. The van der Waals surface area contributed by atoms with E-state index in [1.165, 1.54) is 10.9 Å². The van der Waals surface area contributed by atoms with Crippen molar-refractivity contribution in [2.75, 3.05) is 23.7 Å². The van der Waals surface area contributed by atoms with Crippen LogP contribution in [-0.4, -0.2) is 38.8 Å². The summed E-state index contributed by atoms with van der Waals surface area (Å²) in [6.45, 7) is 4.06. The Balaban J connectivity index is 2.09. The Bertz CT molecular complexity index is 666. The van der Waals surface area contributed by atoms with E-state index in [2.05, 4.69) is 21.9 Å². The molecule has 0 saturated carbocycles. The van der Waals surface area contributed by atoms with Gasteiger partial charge in [0.15, 0.2) is 5.65 Å². The molecule has 1 aliphatic heterocycles. The zero-order valence-electron chi connectivity index (χ0n) is 11.3. The fourth-order valence-corrected chi connectivity index (χ4v) is 2.74. The van der Waals surface area contributed by atoms with E-state index >= 15 is 0 Å².